The molecule has 0 aliphatic rings. The van der Waals surface area contributed by atoms with Crippen molar-refractivity contribution in [3.05, 3.63) is 57.6 Å². The van der Waals surface area contributed by atoms with Crippen LogP contribution in [-0.4, -0.2) is 29.8 Å². The summed E-state index contributed by atoms with van der Waals surface area (Å²) >= 11 is 0. The minimum absolute atomic E-state index is 0.192. The maximum atomic E-state index is 12.1. The Hall–Kier alpha value is -3.51. The Morgan fingerprint density at radius 2 is 1.65 bits per heavy atom. The molecule has 0 aliphatic heterocycles. The molecule has 26 heavy (non-hydrogen) atoms. The zero-order valence-corrected chi connectivity index (χ0v) is 13.6. The van der Waals surface area contributed by atoms with E-state index in [4.69, 9.17) is 16.0 Å². The highest BCUT2D eigenvalue weighted by molar-refractivity contribution is 7.85. The number of carbonyl (C=O) groups excluding carboxylic acids is 2. The number of hydrogen-bond acceptors (Lipinski definition) is 9. The van der Waals surface area contributed by atoms with E-state index in [0.717, 1.165) is 36.4 Å². The minimum Gasteiger partial charge on any atom is -0.398 e. The molecule has 0 unspecified atom stereocenters. The summed E-state index contributed by atoms with van der Waals surface area (Å²) in [5.74, 6) is -2.55. The van der Waals surface area contributed by atoms with Gasteiger partial charge in [0.25, 0.3) is 15.8 Å². The molecule has 2 aromatic carbocycles. The molecular weight excluding hydrogens is 370 g/mol. The topological polar surface area (TPSA) is 193 Å². The summed E-state index contributed by atoms with van der Waals surface area (Å²) in [4.78, 5) is 33.4. The number of carbonyl (C=O) groups is 2. The number of esters is 2. The number of ether oxygens (including phenoxy) is 1. The summed E-state index contributed by atoms with van der Waals surface area (Å²) < 4.78 is 35.8. The Kier molecular flexibility index (Phi) is 4.91. The van der Waals surface area contributed by atoms with Crippen molar-refractivity contribution < 1.29 is 32.2 Å². The normalized spacial score (nSPS) is 11.0. The Morgan fingerprint density at radius 3 is 2.23 bits per heavy atom. The van der Waals surface area contributed by atoms with Crippen molar-refractivity contribution in [2.75, 3.05) is 11.5 Å². The number of nitrogen functional groups attached to an aromatic ring is 2. The van der Waals surface area contributed by atoms with Gasteiger partial charge in [0, 0.05) is 11.8 Å². The molecule has 2 rings (SSSR count). The predicted octanol–water partition coefficient (Wildman–Crippen LogP) is 1.00. The lowest BCUT2D eigenvalue weighted by atomic mass is 10.1. The van der Waals surface area contributed by atoms with Gasteiger partial charge in [0.2, 0.25) is 0 Å². The van der Waals surface area contributed by atoms with E-state index in [1.807, 2.05) is 0 Å². The lowest BCUT2D eigenvalue weighted by Crippen LogP contribution is -2.15. The van der Waals surface area contributed by atoms with E-state index < -0.39 is 43.1 Å². The highest BCUT2D eigenvalue weighted by Crippen LogP contribution is 2.24. The van der Waals surface area contributed by atoms with Crippen molar-refractivity contribution in [2.45, 2.75) is 4.90 Å². The predicted molar refractivity (Wildman–Crippen MR) is 87.9 cm³/mol. The number of nitrogens with two attached hydrogens (primary N) is 2. The molecule has 2 aromatic rings. The van der Waals surface area contributed by atoms with Crippen molar-refractivity contribution in [3.63, 3.8) is 0 Å². The van der Waals surface area contributed by atoms with Crippen molar-refractivity contribution in [1.82, 2.24) is 0 Å². The molecule has 0 aromatic heterocycles. The highest BCUT2D eigenvalue weighted by atomic mass is 32.2. The molecule has 12 heteroatoms. The zero-order chi connectivity index (χ0) is 19.6. The number of anilines is 2. The molecular formula is C14H11N3O8S. The molecule has 0 heterocycles. The van der Waals surface area contributed by atoms with Crippen LogP contribution >= 0.6 is 0 Å². The molecule has 0 bridgehead atoms. The number of benzene rings is 2. The Bertz CT molecular complexity index is 1030. The van der Waals surface area contributed by atoms with Gasteiger partial charge in [-0.05, 0) is 30.3 Å². The summed E-state index contributed by atoms with van der Waals surface area (Å²) in [6.07, 6.45) is 0. The average Bonchev–Trinajstić information content (AvgIpc) is 2.54. The minimum atomic E-state index is -4.61. The molecule has 0 saturated heterocycles. The first kappa shape index (κ1) is 18.8. The number of nitrogens with zero attached hydrogens (tertiary/aromatic N) is 1. The van der Waals surface area contributed by atoms with Crippen LogP contribution in [0.25, 0.3) is 0 Å². The van der Waals surface area contributed by atoms with Crippen LogP contribution in [0.3, 0.4) is 0 Å². The number of nitro benzene ring substituents is 1. The smallest absolute Gasteiger partial charge is 0.348 e. The van der Waals surface area contributed by atoms with Gasteiger partial charge in [-0.2, -0.15) is 8.42 Å². The van der Waals surface area contributed by atoms with E-state index in [1.54, 1.807) is 0 Å². The van der Waals surface area contributed by atoms with Crippen LogP contribution in [0.2, 0.25) is 0 Å². The molecule has 136 valence electrons. The maximum Gasteiger partial charge on any atom is 0.348 e. The standard InChI is InChI=1S/C14H11N3O8S/c15-10-4-2-8(26(22,23)24)6-9(10)14(19)25-13(18)7-1-3-11(16)12(5-7)17(20)21/h1-6H,15-16H2,(H,22,23,24). The van der Waals surface area contributed by atoms with E-state index in [2.05, 4.69) is 4.74 Å². The van der Waals surface area contributed by atoms with E-state index in [-0.39, 0.29) is 16.9 Å². The monoisotopic (exact) mass is 381 g/mol. The molecule has 11 nitrogen and oxygen atoms in total. The fourth-order valence-electron chi connectivity index (χ4n) is 1.90. The maximum absolute atomic E-state index is 12.1. The first-order chi connectivity index (χ1) is 12.0. The fourth-order valence-corrected chi connectivity index (χ4v) is 2.41. The summed E-state index contributed by atoms with van der Waals surface area (Å²) in [5.41, 5.74) is 9.16. The lowest BCUT2D eigenvalue weighted by Gasteiger charge is -2.07. The second-order valence-electron chi connectivity index (χ2n) is 4.93. The van der Waals surface area contributed by atoms with E-state index in [0.29, 0.717) is 0 Å². The average molecular weight is 381 g/mol. The van der Waals surface area contributed by atoms with Crippen LogP contribution < -0.4 is 11.5 Å². The summed E-state index contributed by atoms with van der Waals surface area (Å²) in [5, 5.41) is 10.8. The SMILES string of the molecule is Nc1ccc(S(=O)(=O)O)cc1C(=O)OC(=O)c1ccc(N)c([N+](=O)[O-])c1. The Morgan fingerprint density at radius 1 is 1.04 bits per heavy atom. The third-order valence-corrected chi connectivity index (χ3v) is 4.04. The largest absolute Gasteiger partial charge is 0.398 e. The molecule has 0 amide bonds. The summed E-state index contributed by atoms with van der Waals surface area (Å²) in [7, 11) is -4.61. The fraction of sp³-hybridized carbons (Fsp3) is 0. The van der Waals surface area contributed by atoms with Crippen LogP contribution in [0, 0.1) is 10.1 Å². The zero-order valence-electron chi connectivity index (χ0n) is 12.8. The van der Waals surface area contributed by atoms with E-state index in [1.165, 1.54) is 0 Å². The van der Waals surface area contributed by atoms with Gasteiger partial charge in [-0.1, -0.05) is 0 Å². The van der Waals surface area contributed by atoms with Crippen LogP contribution in [0.5, 0.6) is 0 Å². The molecule has 0 atom stereocenters. The van der Waals surface area contributed by atoms with E-state index in [9.17, 15) is 28.1 Å². The van der Waals surface area contributed by atoms with Gasteiger partial charge in [0.15, 0.2) is 0 Å². The second kappa shape index (κ2) is 6.78. The molecule has 0 fully saturated rings. The molecule has 0 aliphatic carbocycles. The molecule has 0 radical (unpaired) electrons. The van der Waals surface area contributed by atoms with Gasteiger partial charge in [-0.3, -0.25) is 14.7 Å². The Balaban J connectivity index is 2.32. The first-order valence-electron chi connectivity index (χ1n) is 6.68. The van der Waals surface area contributed by atoms with Gasteiger partial charge in [-0.25, -0.2) is 9.59 Å². The van der Waals surface area contributed by atoms with Gasteiger partial charge < -0.3 is 16.2 Å². The first-order valence-corrected chi connectivity index (χ1v) is 8.12. The van der Waals surface area contributed by atoms with Gasteiger partial charge in [-0.15, -0.1) is 0 Å². The highest BCUT2D eigenvalue weighted by Gasteiger charge is 2.22. The lowest BCUT2D eigenvalue weighted by molar-refractivity contribution is -0.383. The van der Waals surface area contributed by atoms with Gasteiger partial charge in [0.1, 0.15) is 5.69 Å². The van der Waals surface area contributed by atoms with Gasteiger partial charge in [0.05, 0.1) is 20.9 Å². The number of hydrogen-bond donors (Lipinski definition) is 3. The van der Waals surface area contributed by atoms with Gasteiger partial charge >= 0.3 is 11.9 Å². The van der Waals surface area contributed by atoms with Crippen molar-refractivity contribution in [1.29, 1.82) is 0 Å². The van der Waals surface area contributed by atoms with Crippen LogP contribution in [-0.2, 0) is 14.9 Å². The van der Waals surface area contributed by atoms with Crippen LogP contribution in [0.15, 0.2) is 41.3 Å². The van der Waals surface area contributed by atoms with Crippen molar-refractivity contribution in [3.8, 4) is 0 Å². The number of rotatable bonds is 4. The Labute approximate surface area is 146 Å². The number of nitro groups is 1. The van der Waals surface area contributed by atoms with Crippen LogP contribution in [0.4, 0.5) is 17.1 Å². The second-order valence-corrected chi connectivity index (χ2v) is 6.35. The van der Waals surface area contributed by atoms with Crippen LogP contribution in [0.1, 0.15) is 20.7 Å². The van der Waals surface area contributed by atoms with Crippen molar-refractivity contribution in [2.24, 2.45) is 0 Å². The summed E-state index contributed by atoms with van der Waals surface area (Å²) in [6.45, 7) is 0. The summed E-state index contributed by atoms with van der Waals surface area (Å²) in [6, 6.07) is 5.72. The van der Waals surface area contributed by atoms with E-state index >= 15 is 0 Å². The van der Waals surface area contributed by atoms with Crippen molar-refractivity contribution >= 4 is 39.1 Å². The molecule has 0 saturated carbocycles. The third-order valence-electron chi connectivity index (χ3n) is 3.19. The molecule has 5 N–H and O–H groups in total. The molecule has 0 spiro atoms. The quantitative estimate of drug-likeness (QED) is 0.172. The third kappa shape index (κ3) is 3.93.